The zero-order chi connectivity index (χ0) is 20.6. The summed E-state index contributed by atoms with van der Waals surface area (Å²) in [6.07, 6.45) is 0.891. The average molecular weight is 417 g/mol. The van der Waals surface area contributed by atoms with Gasteiger partial charge in [0.2, 0.25) is 0 Å². The molecule has 4 rings (SSSR count). The van der Waals surface area contributed by atoms with Crippen molar-refractivity contribution in [1.82, 2.24) is 9.38 Å². The molecule has 3 heterocycles. The van der Waals surface area contributed by atoms with Crippen LogP contribution in [0.25, 0.3) is 5.65 Å². The van der Waals surface area contributed by atoms with Gasteiger partial charge in [-0.25, -0.2) is 4.98 Å². The van der Waals surface area contributed by atoms with Crippen molar-refractivity contribution in [3.63, 3.8) is 0 Å². The number of ether oxygens (including phenoxy) is 3. The number of nitrogens with zero attached hydrogens (tertiary/aromatic N) is 2. The van der Waals surface area contributed by atoms with Crippen LogP contribution in [0.5, 0.6) is 5.75 Å². The molecular weight excluding hydrogens is 392 g/mol. The van der Waals surface area contributed by atoms with Crippen molar-refractivity contribution in [1.29, 1.82) is 0 Å². The fraction of sp³-hybridized carbons (Fsp3) is 0.409. The molecule has 7 heteroatoms. The quantitative estimate of drug-likeness (QED) is 0.614. The van der Waals surface area contributed by atoms with Gasteiger partial charge in [-0.1, -0.05) is 48.9 Å². The SMILES string of the molecule is CCC1(OCCOC)c2ccn3c(Cl)c(C)nc3c2O[C@H](c2ccccc2)C1O. The second kappa shape index (κ2) is 7.95. The third-order valence-corrected chi connectivity index (χ3v) is 6.07. The third kappa shape index (κ3) is 3.20. The Morgan fingerprint density at radius 1 is 1.24 bits per heavy atom. The highest BCUT2D eigenvalue weighted by Gasteiger charge is 2.51. The van der Waals surface area contributed by atoms with E-state index >= 15 is 0 Å². The Kier molecular flexibility index (Phi) is 5.53. The summed E-state index contributed by atoms with van der Waals surface area (Å²) < 4.78 is 19.7. The van der Waals surface area contributed by atoms with Crippen LogP contribution in [-0.2, 0) is 15.1 Å². The molecule has 0 saturated carbocycles. The highest BCUT2D eigenvalue weighted by Crippen LogP contribution is 2.50. The van der Waals surface area contributed by atoms with Crippen LogP contribution in [0.15, 0.2) is 42.6 Å². The van der Waals surface area contributed by atoms with Gasteiger partial charge in [-0.05, 0) is 25.0 Å². The second-order valence-corrected chi connectivity index (χ2v) is 7.58. The molecule has 0 fully saturated rings. The van der Waals surface area contributed by atoms with E-state index in [4.69, 9.17) is 25.8 Å². The molecule has 1 N–H and O–H groups in total. The summed E-state index contributed by atoms with van der Waals surface area (Å²) in [4.78, 5) is 4.62. The summed E-state index contributed by atoms with van der Waals surface area (Å²) >= 11 is 6.42. The number of imidazole rings is 1. The minimum atomic E-state index is -0.958. The zero-order valence-corrected chi connectivity index (χ0v) is 17.5. The van der Waals surface area contributed by atoms with Crippen LogP contribution in [0.4, 0.5) is 0 Å². The highest BCUT2D eigenvalue weighted by molar-refractivity contribution is 6.30. The number of fused-ring (bicyclic) bond motifs is 3. The van der Waals surface area contributed by atoms with Crippen LogP contribution in [-0.4, -0.2) is 40.9 Å². The zero-order valence-electron chi connectivity index (χ0n) is 16.8. The van der Waals surface area contributed by atoms with Crippen LogP contribution < -0.4 is 4.74 Å². The summed E-state index contributed by atoms with van der Waals surface area (Å²) in [6, 6.07) is 11.6. The molecule has 3 aromatic rings. The third-order valence-electron chi connectivity index (χ3n) is 5.62. The van der Waals surface area contributed by atoms with E-state index in [1.165, 1.54) is 0 Å². The van der Waals surface area contributed by atoms with Crippen molar-refractivity contribution in [2.24, 2.45) is 0 Å². The van der Waals surface area contributed by atoms with Crippen molar-refractivity contribution >= 4 is 17.2 Å². The first-order valence-electron chi connectivity index (χ1n) is 9.73. The lowest BCUT2D eigenvalue weighted by Crippen LogP contribution is -2.50. The normalized spacial score (nSPS) is 23.8. The fourth-order valence-electron chi connectivity index (χ4n) is 4.08. The second-order valence-electron chi connectivity index (χ2n) is 7.22. The van der Waals surface area contributed by atoms with Crippen LogP contribution in [0.3, 0.4) is 0 Å². The average Bonchev–Trinajstić information content (AvgIpc) is 3.04. The minimum absolute atomic E-state index is 0.349. The van der Waals surface area contributed by atoms with E-state index in [1.54, 1.807) is 11.5 Å². The fourth-order valence-corrected chi connectivity index (χ4v) is 4.26. The Balaban J connectivity index is 1.92. The molecule has 29 heavy (non-hydrogen) atoms. The van der Waals surface area contributed by atoms with Gasteiger partial charge in [0.15, 0.2) is 17.5 Å². The lowest BCUT2D eigenvalue weighted by atomic mass is 9.79. The molecular formula is C22H25ClN2O4. The Morgan fingerprint density at radius 2 is 2.00 bits per heavy atom. The summed E-state index contributed by atoms with van der Waals surface area (Å²) in [6.45, 7) is 4.64. The molecule has 0 radical (unpaired) electrons. The van der Waals surface area contributed by atoms with E-state index in [1.807, 2.05) is 56.4 Å². The van der Waals surface area contributed by atoms with E-state index in [2.05, 4.69) is 4.98 Å². The summed E-state index contributed by atoms with van der Waals surface area (Å²) in [5.74, 6) is 0.584. The van der Waals surface area contributed by atoms with E-state index in [9.17, 15) is 5.11 Å². The first kappa shape index (κ1) is 20.2. The molecule has 6 nitrogen and oxygen atoms in total. The summed E-state index contributed by atoms with van der Waals surface area (Å²) in [7, 11) is 1.63. The maximum absolute atomic E-state index is 11.5. The van der Waals surface area contributed by atoms with Crippen LogP contribution in [0.1, 0.15) is 36.3 Å². The summed E-state index contributed by atoms with van der Waals surface area (Å²) in [5.41, 5.74) is 2.01. The van der Waals surface area contributed by atoms with Crippen molar-refractivity contribution < 1.29 is 19.3 Å². The first-order valence-corrected chi connectivity index (χ1v) is 10.1. The molecule has 154 valence electrons. The maximum atomic E-state index is 11.5. The van der Waals surface area contributed by atoms with Gasteiger partial charge in [-0.3, -0.25) is 4.40 Å². The van der Waals surface area contributed by atoms with Crippen molar-refractivity contribution in [3.8, 4) is 5.75 Å². The van der Waals surface area contributed by atoms with Gasteiger partial charge in [-0.15, -0.1) is 0 Å². The molecule has 0 amide bonds. The van der Waals surface area contributed by atoms with Crippen molar-refractivity contribution in [2.45, 2.75) is 38.1 Å². The maximum Gasteiger partial charge on any atom is 0.181 e. The van der Waals surface area contributed by atoms with Gasteiger partial charge in [-0.2, -0.15) is 0 Å². The Bertz CT molecular complexity index is 1010. The Morgan fingerprint density at radius 3 is 2.69 bits per heavy atom. The molecule has 3 atom stereocenters. The lowest BCUT2D eigenvalue weighted by Gasteiger charge is -2.45. The molecule has 0 saturated heterocycles. The number of methoxy groups -OCH3 is 1. The number of aliphatic hydroxyl groups is 1. The molecule has 2 aromatic heterocycles. The van der Waals surface area contributed by atoms with Gasteiger partial charge < -0.3 is 19.3 Å². The number of aliphatic hydroxyl groups excluding tert-OH is 1. The number of aryl methyl sites for hydroxylation is 1. The Labute approximate surface area is 175 Å². The highest BCUT2D eigenvalue weighted by atomic mass is 35.5. The monoisotopic (exact) mass is 416 g/mol. The minimum Gasteiger partial charge on any atom is -0.479 e. The number of benzene rings is 1. The standard InChI is InChI=1S/C22H25ClN2O4/c1-4-22(28-13-12-27-3)16-10-11-25-20(23)14(2)24-21(25)18(16)29-17(19(22)26)15-8-6-5-7-9-15/h5-11,17,19,26H,4,12-13H2,1-3H3/t17-,19?,22?/m1/s1. The van der Waals surface area contributed by atoms with Crippen molar-refractivity contribution in [2.75, 3.05) is 20.3 Å². The number of rotatable bonds is 6. The van der Waals surface area contributed by atoms with E-state index in [0.717, 1.165) is 11.1 Å². The van der Waals surface area contributed by atoms with Gasteiger partial charge in [0.1, 0.15) is 16.9 Å². The van der Waals surface area contributed by atoms with E-state index in [0.29, 0.717) is 41.9 Å². The van der Waals surface area contributed by atoms with E-state index in [-0.39, 0.29) is 0 Å². The van der Waals surface area contributed by atoms with Gasteiger partial charge in [0.05, 0.1) is 18.9 Å². The molecule has 0 aliphatic carbocycles. The number of aromatic nitrogens is 2. The molecule has 1 aliphatic rings. The smallest absolute Gasteiger partial charge is 0.181 e. The molecule has 2 unspecified atom stereocenters. The molecule has 1 aromatic carbocycles. The van der Waals surface area contributed by atoms with Crippen LogP contribution in [0.2, 0.25) is 5.15 Å². The molecule has 0 spiro atoms. The largest absolute Gasteiger partial charge is 0.479 e. The summed E-state index contributed by atoms with van der Waals surface area (Å²) in [5, 5.41) is 12.0. The number of hydrogen-bond donors (Lipinski definition) is 1. The predicted molar refractivity (Wildman–Crippen MR) is 111 cm³/mol. The Hall–Kier alpha value is -2.12. The molecule has 0 bridgehead atoms. The van der Waals surface area contributed by atoms with Crippen LogP contribution >= 0.6 is 11.6 Å². The lowest BCUT2D eigenvalue weighted by molar-refractivity contribution is -0.182. The predicted octanol–water partition coefficient (Wildman–Crippen LogP) is 4.06. The molecule has 1 aliphatic heterocycles. The van der Waals surface area contributed by atoms with Gasteiger partial charge >= 0.3 is 0 Å². The van der Waals surface area contributed by atoms with Crippen LogP contribution in [0, 0.1) is 6.92 Å². The van der Waals surface area contributed by atoms with E-state index < -0.39 is 17.8 Å². The number of hydrogen-bond acceptors (Lipinski definition) is 5. The van der Waals surface area contributed by atoms with Gasteiger partial charge in [0, 0.05) is 18.9 Å². The topological polar surface area (TPSA) is 65.2 Å². The number of halogens is 1. The van der Waals surface area contributed by atoms with Gasteiger partial charge in [0.25, 0.3) is 0 Å². The first-order chi connectivity index (χ1) is 14.0. The number of pyridine rings is 1. The van der Waals surface area contributed by atoms with Crippen molar-refractivity contribution in [3.05, 3.63) is 64.6 Å².